The maximum atomic E-state index is 3.37. The molecule has 0 unspecified atom stereocenters. The van der Waals surface area contributed by atoms with Crippen LogP contribution in [0.1, 0.15) is 6.92 Å². The highest BCUT2D eigenvalue weighted by atomic mass is 13.6. The first-order valence-corrected chi connectivity index (χ1v) is 1.89. The fraction of sp³-hybridized carbons (Fsp3) is 0.167. The molecule has 0 aliphatic rings. The lowest BCUT2D eigenvalue weighted by Gasteiger charge is -1.66. The summed E-state index contributed by atoms with van der Waals surface area (Å²) in [6.07, 6.45) is 8.18. The standard InChI is InChI=1S/C6H8/c1-3-5-6-4-2/h4-6H,1H2,2H3. The highest BCUT2D eigenvalue weighted by Crippen LogP contribution is 1.74. The van der Waals surface area contributed by atoms with Crippen LogP contribution in [0.4, 0.5) is 0 Å². The van der Waals surface area contributed by atoms with Gasteiger partial charge in [-0.1, -0.05) is 25.7 Å². The number of rotatable bonds is 2. The number of allylic oxidation sites excluding steroid dienone is 3. The summed E-state index contributed by atoms with van der Waals surface area (Å²) in [5, 5.41) is 0. The van der Waals surface area contributed by atoms with Crippen molar-refractivity contribution in [3.05, 3.63) is 31.2 Å². The molecule has 32 valence electrons. The smallest absolute Gasteiger partial charge is 0.0198 e. The minimum atomic E-state index is 1.76. The minimum absolute atomic E-state index is 1.76. The van der Waals surface area contributed by atoms with Crippen LogP contribution in [0.25, 0.3) is 0 Å². The lowest BCUT2D eigenvalue weighted by Crippen LogP contribution is -1.48. The van der Waals surface area contributed by atoms with E-state index in [-0.39, 0.29) is 0 Å². The second-order valence-corrected chi connectivity index (χ2v) is 0.897. The van der Waals surface area contributed by atoms with Crippen LogP contribution in [0.5, 0.6) is 0 Å². The third kappa shape index (κ3) is 3.48. The molecule has 0 aromatic heterocycles. The van der Waals surface area contributed by atoms with Gasteiger partial charge in [0, 0.05) is 0 Å². The van der Waals surface area contributed by atoms with E-state index in [4.69, 9.17) is 0 Å². The normalized spacial score (nSPS) is 9.50. The van der Waals surface area contributed by atoms with Gasteiger partial charge in [-0.3, -0.25) is 0 Å². The van der Waals surface area contributed by atoms with E-state index in [9.17, 15) is 0 Å². The van der Waals surface area contributed by atoms with Gasteiger partial charge in [0.2, 0.25) is 0 Å². The van der Waals surface area contributed by atoms with E-state index < -0.39 is 0 Å². The third-order valence-electron chi connectivity index (χ3n) is 0.407. The number of hydrogen-bond donors (Lipinski definition) is 0. The van der Waals surface area contributed by atoms with Gasteiger partial charge in [-0.2, -0.15) is 0 Å². The Kier molecular flexibility index (Phi) is 4.09. The van der Waals surface area contributed by atoms with Gasteiger partial charge in [0.25, 0.3) is 0 Å². The van der Waals surface area contributed by atoms with E-state index in [0.29, 0.717) is 0 Å². The molecule has 0 aromatic rings. The molecular weight excluding hydrogens is 72.1 g/mol. The first kappa shape index (κ1) is 5.48. The molecule has 0 heteroatoms. The van der Waals surface area contributed by atoms with Gasteiger partial charge in [-0.05, 0) is 12.5 Å². The van der Waals surface area contributed by atoms with E-state index in [0.717, 1.165) is 0 Å². The Morgan fingerprint density at radius 2 is 2.33 bits per heavy atom. The molecule has 0 bridgehead atoms. The average molecular weight is 80.1 g/mol. The molecule has 0 heterocycles. The van der Waals surface area contributed by atoms with E-state index in [1.54, 1.807) is 6.08 Å². The summed E-state index contributed by atoms with van der Waals surface area (Å²) in [7, 11) is 0. The highest BCUT2D eigenvalue weighted by Gasteiger charge is 1.56. The first-order chi connectivity index (χ1) is 2.91. The molecule has 0 nitrogen and oxygen atoms in total. The van der Waals surface area contributed by atoms with Crippen molar-refractivity contribution in [3.63, 3.8) is 0 Å². The third-order valence-corrected chi connectivity index (χ3v) is 0.407. The number of hydrogen-bond acceptors (Lipinski definition) is 0. The van der Waals surface area contributed by atoms with Crippen LogP contribution in [0, 0.1) is 12.5 Å². The molecule has 0 saturated heterocycles. The summed E-state index contributed by atoms with van der Waals surface area (Å²) in [5.74, 6) is 0. The molecule has 0 saturated carbocycles. The van der Waals surface area contributed by atoms with E-state index in [2.05, 4.69) is 12.7 Å². The van der Waals surface area contributed by atoms with Crippen molar-refractivity contribution >= 4 is 0 Å². The van der Waals surface area contributed by atoms with Crippen LogP contribution in [0.2, 0.25) is 0 Å². The monoisotopic (exact) mass is 80.1 g/mol. The quantitative estimate of drug-likeness (QED) is 0.443. The minimum Gasteiger partial charge on any atom is -0.0912 e. The van der Waals surface area contributed by atoms with Gasteiger partial charge in [0.1, 0.15) is 0 Å². The van der Waals surface area contributed by atoms with Gasteiger partial charge >= 0.3 is 0 Å². The van der Waals surface area contributed by atoms with Crippen molar-refractivity contribution in [2.45, 2.75) is 6.92 Å². The molecule has 0 aliphatic carbocycles. The van der Waals surface area contributed by atoms with Crippen LogP contribution < -0.4 is 0 Å². The SMILES string of the molecule is C=[C]C=C[CH]C. The Balaban J connectivity index is 2.94. The maximum absolute atomic E-state index is 3.37. The van der Waals surface area contributed by atoms with Crippen molar-refractivity contribution in [1.82, 2.24) is 0 Å². The van der Waals surface area contributed by atoms with Crippen LogP contribution in [0.15, 0.2) is 18.7 Å². The molecule has 0 rings (SSSR count). The molecular formula is C6H8. The second-order valence-electron chi connectivity index (χ2n) is 0.897. The van der Waals surface area contributed by atoms with Gasteiger partial charge in [0.15, 0.2) is 0 Å². The Labute approximate surface area is 39.2 Å². The maximum Gasteiger partial charge on any atom is -0.0198 e. The zero-order valence-electron chi connectivity index (χ0n) is 3.94. The summed E-state index contributed by atoms with van der Waals surface area (Å²) in [6.45, 7) is 5.32. The predicted molar refractivity (Wildman–Crippen MR) is 28.0 cm³/mol. The zero-order valence-corrected chi connectivity index (χ0v) is 3.94. The van der Waals surface area contributed by atoms with Crippen molar-refractivity contribution < 1.29 is 0 Å². The van der Waals surface area contributed by atoms with Gasteiger partial charge < -0.3 is 0 Å². The lowest BCUT2D eigenvalue weighted by atomic mass is 10.4. The van der Waals surface area contributed by atoms with E-state index in [1.807, 2.05) is 19.4 Å². The Bertz CT molecular complexity index is 51.1. The molecule has 0 N–H and O–H groups in total. The summed E-state index contributed by atoms with van der Waals surface area (Å²) < 4.78 is 0. The summed E-state index contributed by atoms with van der Waals surface area (Å²) in [5.41, 5.74) is 0. The summed E-state index contributed by atoms with van der Waals surface area (Å²) in [4.78, 5) is 0. The summed E-state index contributed by atoms with van der Waals surface area (Å²) >= 11 is 0. The van der Waals surface area contributed by atoms with Crippen molar-refractivity contribution in [1.29, 1.82) is 0 Å². The van der Waals surface area contributed by atoms with Crippen LogP contribution in [-0.2, 0) is 0 Å². The van der Waals surface area contributed by atoms with E-state index >= 15 is 0 Å². The average Bonchev–Trinajstić information content (AvgIpc) is 1.61. The first-order valence-electron chi connectivity index (χ1n) is 1.89. The lowest BCUT2D eigenvalue weighted by molar-refractivity contribution is 1.55. The Morgan fingerprint density at radius 1 is 1.67 bits per heavy atom. The largest absolute Gasteiger partial charge is 0.0912 e. The molecule has 0 spiro atoms. The van der Waals surface area contributed by atoms with Crippen LogP contribution >= 0.6 is 0 Å². The zero-order chi connectivity index (χ0) is 4.83. The Hall–Kier alpha value is -0.520. The fourth-order valence-electron chi connectivity index (χ4n) is 0.164. The van der Waals surface area contributed by atoms with Crippen LogP contribution in [-0.4, -0.2) is 0 Å². The molecule has 0 amide bonds. The molecule has 2 radical (unpaired) electrons. The molecule has 0 fully saturated rings. The van der Waals surface area contributed by atoms with E-state index in [1.165, 1.54) is 0 Å². The highest BCUT2D eigenvalue weighted by molar-refractivity contribution is 4.97. The molecule has 0 aliphatic heterocycles. The van der Waals surface area contributed by atoms with Crippen molar-refractivity contribution in [2.24, 2.45) is 0 Å². The predicted octanol–water partition coefficient (Wildman–Crippen LogP) is 1.76. The Morgan fingerprint density at radius 3 is 2.50 bits per heavy atom. The van der Waals surface area contributed by atoms with Gasteiger partial charge in [0.05, 0.1) is 0 Å². The van der Waals surface area contributed by atoms with Crippen molar-refractivity contribution in [3.8, 4) is 0 Å². The van der Waals surface area contributed by atoms with Gasteiger partial charge in [-0.25, -0.2) is 0 Å². The molecule has 6 heavy (non-hydrogen) atoms. The molecule has 0 atom stereocenters. The summed E-state index contributed by atoms with van der Waals surface area (Å²) in [6, 6.07) is 0. The second kappa shape index (κ2) is 4.48. The molecule has 0 aromatic carbocycles. The van der Waals surface area contributed by atoms with Crippen LogP contribution in [0.3, 0.4) is 0 Å². The van der Waals surface area contributed by atoms with Gasteiger partial charge in [-0.15, -0.1) is 0 Å². The topological polar surface area (TPSA) is 0 Å². The van der Waals surface area contributed by atoms with Crippen molar-refractivity contribution in [2.75, 3.05) is 0 Å². The fourth-order valence-corrected chi connectivity index (χ4v) is 0.164.